The third kappa shape index (κ3) is 5.99. The molecular formula is C19H30N4O2S. The van der Waals surface area contributed by atoms with Gasteiger partial charge in [-0.05, 0) is 55.5 Å². The fourth-order valence-corrected chi connectivity index (χ4v) is 3.85. The predicted molar refractivity (Wildman–Crippen MR) is 106 cm³/mol. The van der Waals surface area contributed by atoms with Gasteiger partial charge in [-0.2, -0.15) is 0 Å². The summed E-state index contributed by atoms with van der Waals surface area (Å²) in [5, 5.41) is 8.59. The Bertz CT molecular complexity index is 612. The van der Waals surface area contributed by atoms with E-state index in [9.17, 15) is 4.79 Å². The van der Waals surface area contributed by atoms with Gasteiger partial charge in [0.25, 0.3) is 0 Å². The molecule has 0 atom stereocenters. The zero-order valence-corrected chi connectivity index (χ0v) is 16.4. The Hall–Kier alpha value is -1.60. The molecule has 0 bridgehead atoms. The molecule has 2 N–H and O–H groups in total. The van der Waals surface area contributed by atoms with Crippen LogP contribution >= 0.6 is 11.3 Å². The highest BCUT2D eigenvalue weighted by atomic mass is 32.1. The molecule has 144 valence electrons. The van der Waals surface area contributed by atoms with Gasteiger partial charge in [0.1, 0.15) is 6.54 Å². The summed E-state index contributed by atoms with van der Waals surface area (Å²) in [5.41, 5.74) is 1.29. The van der Waals surface area contributed by atoms with Crippen molar-refractivity contribution in [3.05, 3.63) is 21.9 Å². The number of carbonyl (C=O) groups excluding carboxylic acids is 1. The van der Waals surface area contributed by atoms with Gasteiger partial charge in [-0.25, -0.2) is 4.99 Å². The van der Waals surface area contributed by atoms with E-state index in [0.29, 0.717) is 5.96 Å². The van der Waals surface area contributed by atoms with Crippen LogP contribution in [0.3, 0.4) is 0 Å². The molecule has 1 aliphatic carbocycles. The van der Waals surface area contributed by atoms with E-state index in [2.05, 4.69) is 27.1 Å². The van der Waals surface area contributed by atoms with Gasteiger partial charge >= 0.3 is 0 Å². The van der Waals surface area contributed by atoms with E-state index >= 15 is 0 Å². The molecule has 0 saturated heterocycles. The van der Waals surface area contributed by atoms with E-state index in [4.69, 9.17) is 4.74 Å². The van der Waals surface area contributed by atoms with Crippen LogP contribution in [0.15, 0.2) is 16.4 Å². The first-order valence-corrected chi connectivity index (χ1v) is 10.6. The third-order valence-electron chi connectivity index (χ3n) is 4.69. The van der Waals surface area contributed by atoms with Crippen LogP contribution in [0.5, 0.6) is 0 Å². The van der Waals surface area contributed by atoms with Crippen LogP contribution in [0.2, 0.25) is 0 Å². The Labute approximate surface area is 160 Å². The second-order valence-electron chi connectivity index (χ2n) is 6.93. The van der Waals surface area contributed by atoms with Gasteiger partial charge in [-0.3, -0.25) is 4.79 Å². The number of amides is 1. The lowest BCUT2D eigenvalue weighted by Gasteiger charge is -2.26. The highest BCUT2D eigenvalue weighted by Crippen LogP contribution is 2.28. The van der Waals surface area contributed by atoms with Crippen molar-refractivity contribution in [3.8, 4) is 0 Å². The Morgan fingerprint density at radius 3 is 3.12 bits per heavy atom. The third-order valence-corrected chi connectivity index (χ3v) is 5.71. The molecule has 1 aromatic heterocycles. The number of aliphatic imine (C=N–C) groups is 1. The van der Waals surface area contributed by atoms with E-state index in [-0.39, 0.29) is 12.5 Å². The van der Waals surface area contributed by atoms with E-state index < -0.39 is 0 Å². The van der Waals surface area contributed by atoms with Crippen molar-refractivity contribution in [2.75, 3.05) is 39.4 Å². The standard InChI is InChI=1S/C19H30N4O2S/c1-2-20-19(21-8-3-10-25-14-15-4-5-15)22-12-18(24)23-9-6-17-16(13-23)7-11-26-17/h7,11,15H,2-6,8-10,12-14H2,1H3,(H2,20,21,22). The summed E-state index contributed by atoms with van der Waals surface area (Å²) in [6, 6.07) is 2.12. The summed E-state index contributed by atoms with van der Waals surface area (Å²) >= 11 is 1.79. The van der Waals surface area contributed by atoms with Crippen molar-refractivity contribution in [2.24, 2.45) is 10.9 Å². The van der Waals surface area contributed by atoms with Gasteiger partial charge < -0.3 is 20.3 Å². The maximum absolute atomic E-state index is 12.5. The van der Waals surface area contributed by atoms with E-state index in [0.717, 1.165) is 58.2 Å². The van der Waals surface area contributed by atoms with Crippen LogP contribution in [0.4, 0.5) is 0 Å². The van der Waals surface area contributed by atoms with Crippen LogP contribution in [-0.2, 0) is 22.5 Å². The lowest BCUT2D eigenvalue weighted by molar-refractivity contribution is -0.130. The second kappa shape index (κ2) is 9.92. The molecule has 1 aromatic rings. The van der Waals surface area contributed by atoms with Crippen molar-refractivity contribution in [3.63, 3.8) is 0 Å². The summed E-state index contributed by atoms with van der Waals surface area (Å²) in [4.78, 5) is 20.2. The highest BCUT2D eigenvalue weighted by Gasteiger charge is 2.21. The topological polar surface area (TPSA) is 66.0 Å². The number of guanidine groups is 1. The molecule has 0 unspecified atom stereocenters. The normalized spacial score (nSPS) is 17.1. The average Bonchev–Trinajstić information content (AvgIpc) is 3.36. The minimum atomic E-state index is 0.0896. The quantitative estimate of drug-likeness (QED) is 0.392. The molecule has 0 radical (unpaired) electrons. The summed E-state index contributed by atoms with van der Waals surface area (Å²) in [7, 11) is 0. The number of nitrogens with one attached hydrogen (secondary N) is 2. The summed E-state index contributed by atoms with van der Waals surface area (Å²) in [6.45, 7) is 6.99. The smallest absolute Gasteiger partial charge is 0.244 e. The van der Waals surface area contributed by atoms with Gasteiger partial charge in [-0.15, -0.1) is 11.3 Å². The molecular weight excluding hydrogens is 348 g/mol. The molecule has 1 aliphatic heterocycles. The summed E-state index contributed by atoms with van der Waals surface area (Å²) in [6.07, 6.45) is 4.56. The van der Waals surface area contributed by atoms with Crippen LogP contribution in [0, 0.1) is 5.92 Å². The van der Waals surface area contributed by atoms with Crippen molar-refractivity contribution >= 4 is 23.2 Å². The van der Waals surface area contributed by atoms with Crippen LogP contribution in [0.1, 0.15) is 36.6 Å². The first-order chi connectivity index (χ1) is 12.8. The fourth-order valence-electron chi connectivity index (χ4n) is 2.97. The van der Waals surface area contributed by atoms with Crippen molar-refractivity contribution < 1.29 is 9.53 Å². The lowest BCUT2D eigenvalue weighted by Crippen LogP contribution is -2.40. The second-order valence-corrected chi connectivity index (χ2v) is 7.93. The van der Waals surface area contributed by atoms with Crippen molar-refractivity contribution in [2.45, 2.75) is 39.2 Å². The lowest BCUT2D eigenvalue weighted by atomic mass is 10.1. The number of carbonyl (C=O) groups is 1. The molecule has 3 rings (SSSR count). The average molecular weight is 379 g/mol. The zero-order chi connectivity index (χ0) is 18.2. The minimum Gasteiger partial charge on any atom is -0.381 e. The molecule has 0 aromatic carbocycles. The summed E-state index contributed by atoms with van der Waals surface area (Å²) in [5.74, 6) is 1.61. The molecule has 1 amide bonds. The number of fused-ring (bicyclic) bond motifs is 1. The molecule has 2 heterocycles. The zero-order valence-electron chi connectivity index (χ0n) is 15.6. The number of rotatable bonds is 9. The van der Waals surface area contributed by atoms with Crippen molar-refractivity contribution in [1.82, 2.24) is 15.5 Å². The fraction of sp³-hybridized carbons (Fsp3) is 0.684. The highest BCUT2D eigenvalue weighted by molar-refractivity contribution is 7.10. The van der Waals surface area contributed by atoms with Gasteiger partial charge in [0.2, 0.25) is 5.91 Å². The largest absolute Gasteiger partial charge is 0.381 e. The summed E-state index contributed by atoms with van der Waals surface area (Å²) < 4.78 is 5.64. The molecule has 7 heteroatoms. The molecule has 1 fully saturated rings. The molecule has 26 heavy (non-hydrogen) atoms. The SMILES string of the molecule is CCNC(=NCC(=O)N1CCc2sccc2C1)NCCCOCC1CC1. The monoisotopic (exact) mass is 378 g/mol. The van der Waals surface area contributed by atoms with E-state index in [1.165, 1.54) is 23.3 Å². The first kappa shape index (κ1) is 19.2. The number of nitrogens with zero attached hydrogens (tertiary/aromatic N) is 2. The minimum absolute atomic E-state index is 0.0896. The maximum Gasteiger partial charge on any atom is 0.244 e. The van der Waals surface area contributed by atoms with Crippen LogP contribution in [0.25, 0.3) is 0 Å². The molecule has 6 nitrogen and oxygen atoms in total. The van der Waals surface area contributed by atoms with E-state index in [1.807, 2.05) is 11.8 Å². The van der Waals surface area contributed by atoms with E-state index in [1.54, 1.807) is 11.3 Å². The Kier molecular flexibility index (Phi) is 7.32. The number of ether oxygens (including phenoxy) is 1. The Balaban J connectivity index is 1.37. The van der Waals surface area contributed by atoms with Gasteiger partial charge in [0.05, 0.1) is 0 Å². The number of hydrogen-bond acceptors (Lipinski definition) is 4. The number of thiophene rings is 1. The predicted octanol–water partition coefficient (Wildman–Crippen LogP) is 2.00. The number of hydrogen-bond donors (Lipinski definition) is 2. The van der Waals surface area contributed by atoms with Crippen LogP contribution in [-0.4, -0.2) is 56.2 Å². The Morgan fingerprint density at radius 2 is 2.31 bits per heavy atom. The maximum atomic E-state index is 12.5. The first-order valence-electron chi connectivity index (χ1n) is 9.69. The Morgan fingerprint density at radius 1 is 1.42 bits per heavy atom. The van der Waals surface area contributed by atoms with Gasteiger partial charge in [0, 0.05) is 44.3 Å². The van der Waals surface area contributed by atoms with Gasteiger partial charge in [0.15, 0.2) is 5.96 Å². The molecule has 0 spiro atoms. The van der Waals surface area contributed by atoms with Crippen LogP contribution < -0.4 is 10.6 Å². The molecule has 2 aliphatic rings. The van der Waals surface area contributed by atoms with Crippen molar-refractivity contribution in [1.29, 1.82) is 0 Å². The molecule has 1 saturated carbocycles. The van der Waals surface area contributed by atoms with Gasteiger partial charge in [-0.1, -0.05) is 0 Å².